The summed E-state index contributed by atoms with van der Waals surface area (Å²) >= 11 is 0. The van der Waals surface area contributed by atoms with E-state index >= 15 is 0 Å². The topological polar surface area (TPSA) is 60.0 Å². The number of nitrogens with one attached hydrogen (secondary N) is 1. The third-order valence-electron chi connectivity index (χ3n) is 4.47. The zero-order valence-corrected chi connectivity index (χ0v) is 14.5. The van der Waals surface area contributed by atoms with Crippen molar-refractivity contribution in [2.45, 2.75) is 32.5 Å². The van der Waals surface area contributed by atoms with Crippen molar-refractivity contribution in [1.82, 2.24) is 10.2 Å². The van der Waals surface area contributed by atoms with E-state index in [4.69, 9.17) is 14.2 Å². The molecule has 0 bridgehead atoms. The average molecular weight is 334 g/mol. The number of aryl methyl sites for hydroxylation is 2. The number of carbonyl (C=O) groups excluding carboxylic acids is 1. The molecule has 0 atom stereocenters. The zero-order chi connectivity index (χ0) is 17.0. The minimum atomic E-state index is -0.442. The summed E-state index contributed by atoms with van der Waals surface area (Å²) in [6, 6.07) is 6.06. The SMILES string of the molecule is Cc1cc(C)cc(OCCNC(=O)N2CCC3(CC2)OCCO3)c1. The molecule has 0 aliphatic carbocycles. The number of amides is 2. The Hall–Kier alpha value is -1.79. The van der Waals surface area contributed by atoms with Crippen LogP contribution in [0.25, 0.3) is 0 Å². The Balaban J connectivity index is 1.37. The molecular weight excluding hydrogens is 308 g/mol. The molecule has 132 valence electrons. The van der Waals surface area contributed by atoms with Crippen LogP contribution >= 0.6 is 0 Å². The Morgan fingerprint density at radius 3 is 2.42 bits per heavy atom. The van der Waals surface area contributed by atoms with E-state index < -0.39 is 5.79 Å². The third kappa shape index (κ3) is 4.19. The van der Waals surface area contributed by atoms with Gasteiger partial charge in [0.25, 0.3) is 0 Å². The summed E-state index contributed by atoms with van der Waals surface area (Å²) in [4.78, 5) is 14.0. The molecule has 1 spiro atoms. The normalized spacial score (nSPS) is 19.5. The number of piperidine rings is 1. The van der Waals surface area contributed by atoms with E-state index in [1.54, 1.807) is 0 Å². The van der Waals surface area contributed by atoms with Crippen molar-refractivity contribution in [3.63, 3.8) is 0 Å². The highest BCUT2D eigenvalue weighted by atomic mass is 16.7. The number of hydrogen-bond donors (Lipinski definition) is 1. The van der Waals surface area contributed by atoms with E-state index in [0.29, 0.717) is 39.5 Å². The molecule has 2 aliphatic rings. The molecule has 1 aromatic rings. The second-order valence-electron chi connectivity index (χ2n) is 6.50. The first-order chi connectivity index (χ1) is 11.6. The van der Waals surface area contributed by atoms with Gasteiger partial charge in [-0.25, -0.2) is 4.79 Å². The van der Waals surface area contributed by atoms with Gasteiger partial charge in [-0.05, 0) is 37.1 Å². The summed E-state index contributed by atoms with van der Waals surface area (Å²) in [6.45, 7) is 7.65. The molecule has 1 aromatic carbocycles. The van der Waals surface area contributed by atoms with Crippen molar-refractivity contribution >= 4 is 6.03 Å². The molecular formula is C18H26N2O4. The number of likely N-dealkylation sites (tertiary alicyclic amines) is 1. The molecule has 2 saturated heterocycles. The van der Waals surface area contributed by atoms with Gasteiger partial charge in [-0.2, -0.15) is 0 Å². The highest BCUT2D eigenvalue weighted by Gasteiger charge is 2.40. The second kappa shape index (κ2) is 7.40. The first-order valence-electron chi connectivity index (χ1n) is 8.58. The fourth-order valence-electron chi connectivity index (χ4n) is 3.29. The van der Waals surface area contributed by atoms with Crippen LogP contribution < -0.4 is 10.1 Å². The van der Waals surface area contributed by atoms with Gasteiger partial charge in [-0.1, -0.05) is 6.07 Å². The molecule has 0 aromatic heterocycles. The van der Waals surface area contributed by atoms with Crippen molar-refractivity contribution in [3.8, 4) is 5.75 Å². The molecule has 2 fully saturated rings. The Kier molecular flexibility index (Phi) is 5.26. The quantitative estimate of drug-likeness (QED) is 0.858. The van der Waals surface area contributed by atoms with E-state index in [9.17, 15) is 4.79 Å². The largest absolute Gasteiger partial charge is 0.492 e. The smallest absolute Gasteiger partial charge is 0.317 e. The van der Waals surface area contributed by atoms with Crippen LogP contribution in [0.4, 0.5) is 4.79 Å². The fraction of sp³-hybridized carbons (Fsp3) is 0.611. The van der Waals surface area contributed by atoms with Gasteiger partial charge in [0.15, 0.2) is 5.79 Å². The van der Waals surface area contributed by atoms with Crippen LogP contribution in [0.15, 0.2) is 18.2 Å². The molecule has 3 rings (SSSR count). The zero-order valence-electron chi connectivity index (χ0n) is 14.5. The lowest BCUT2D eigenvalue weighted by atomic mass is 10.0. The highest BCUT2D eigenvalue weighted by Crippen LogP contribution is 2.31. The van der Waals surface area contributed by atoms with Crippen LogP contribution in [0.1, 0.15) is 24.0 Å². The lowest BCUT2D eigenvalue weighted by Gasteiger charge is -2.37. The Labute approximate surface area is 143 Å². The van der Waals surface area contributed by atoms with E-state index in [1.165, 1.54) is 11.1 Å². The molecule has 0 saturated carbocycles. The second-order valence-corrected chi connectivity index (χ2v) is 6.50. The van der Waals surface area contributed by atoms with Gasteiger partial charge >= 0.3 is 6.03 Å². The molecule has 2 heterocycles. The van der Waals surface area contributed by atoms with Gasteiger partial charge in [0.1, 0.15) is 12.4 Å². The number of nitrogens with zero attached hydrogens (tertiary/aromatic N) is 1. The molecule has 1 N–H and O–H groups in total. The summed E-state index contributed by atoms with van der Waals surface area (Å²) < 4.78 is 17.1. The number of urea groups is 1. The lowest BCUT2D eigenvalue weighted by molar-refractivity contribution is -0.181. The fourth-order valence-corrected chi connectivity index (χ4v) is 3.29. The van der Waals surface area contributed by atoms with Gasteiger partial charge in [-0.3, -0.25) is 0 Å². The minimum Gasteiger partial charge on any atom is -0.492 e. The third-order valence-corrected chi connectivity index (χ3v) is 4.47. The first-order valence-corrected chi connectivity index (χ1v) is 8.58. The standard InChI is InChI=1S/C18H26N2O4/c1-14-11-15(2)13-16(12-14)22-8-5-19-17(21)20-6-3-18(4-7-20)23-9-10-24-18/h11-13H,3-10H2,1-2H3,(H,19,21). The summed E-state index contributed by atoms with van der Waals surface area (Å²) in [5, 5.41) is 2.91. The van der Waals surface area contributed by atoms with Crippen molar-refractivity contribution in [2.24, 2.45) is 0 Å². The lowest BCUT2D eigenvalue weighted by Crippen LogP contribution is -2.50. The van der Waals surface area contributed by atoms with Crippen LogP contribution in [0.5, 0.6) is 5.75 Å². The highest BCUT2D eigenvalue weighted by molar-refractivity contribution is 5.74. The minimum absolute atomic E-state index is 0.0492. The maximum atomic E-state index is 12.2. The van der Waals surface area contributed by atoms with E-state index in [2.05, 4.69) is 11.4 Å². The Bertz CT molecular complexity index is 554. The van der Waals surface area contributed by atoms with E-state index in [-0.39, 0.29) is 6.03 Å². The van der Waals surface area contributed by atoms with Crippen molar-refractivity contribution < 1.29 is 19.0 Å². The first kappa shape index (κ1) is 17.0. The predicted molar refractivity (Wildman–Crippen MR) is 90.3 cm³/mol. The van der Waals surface area contributed by atoms with Crippen LogP contribution in [-0.4, -0.2) is 56.2 Å². The molecule has 0 unspecified atom stereocenters. The van der Waals surface area contributed by atoms with Crippen molar-refractivity contribution in [2.75, 3.05) is 39.5 Å². The maximum absolute atomic E-state index is 12.2. The van der Waals surface area contributed by atoms with Crippen molar-refractivity contribution in [1.29, 1.82) is 0 Å². The average Bonchev–Trinajstić information content (AvgIpc) is 2.99. The van der Waals surface area contributed by atoms with Crippen molar-refractivity contribution in [3.05, 3.63) is 29.3 Å². The molecule has 24 heavy (non-hydrogen) atoms. The summed E-state index contributed by atoms with van der Waals surface area (Å²) in [7, 11) is 0. The molecule has 6 heteroatoms. The van der Waals surface area contributed by atoms with E-state index in [0.717, 1.165) is 18.6 Å². The van der Waals surface area contributed by atoms with Gasteiger partial charge in [0.2, 0.25) is 0 Å². The molecule has 2 aliphatic heterocycles. The number of benzene rings is 1. The Morgan fingerprint density at radius 2 is 1.79 bits per heavy atom. The van der Waals surface area contributed by atoms with Crippen LogP contribution in [0.3, 0.4) is 0 Å². The van der Waals surface area contributed by atoms with Crippen LogP contribution in [0, 0.1) is 13.8 Å². The molecule has 6 nitrogen and oxygen atoms in total. The summed E-state index contributed by atoms with van der Waals surface area (Å²) in [6.07, 6.45) is 1.47. The van der Waals surface area contributed by atoms with Gasteiger partial charge in [-0.15, -0.1) is 0 Å². The maximum Gasteiger partial charge on any atom is 0.317 e. The van der Waals surface area contributed by atoms with Crippen LogP contribution in [-0.2, 0) is 9.47 Å². The number of carbonyl (C=O) groups is 1. The summed E-state index contributed by atoms with van der Waals surface area (Å²) in [5.74, 6) is 0.403. The van der Waals surface area contributed by atoms with Gasteiger partial charge in [0.05, 0.1) is 19.8 Å². The molecule has 0 radical (unpaired) electrons. The summed E-state index contributed by atoms with van der Waals surface area (Å²) in [5.41, 5.74) is 2.35. The number of ether oxygens (including phenoxy) is 3. The predicted octanol–water partition coefficient (Wildman–Crippen LogP) is 2.23. The Morgan fingerprint density at radius 1 is 1.17 bits per heavy atom. The monoisotopic (exact) mass is 334 g/mol. The van der Waals surface area contributed by atoms with E-state index in [1.807, 2.05) is 30.9 Å². The molecule has 2 amide bonds. The van der Waals surface area contributed by atoms with Gasteiger partial charge < -0.3 is 24.4 Å². The number of hydrogen-bond acceptors (Lipinski definition) is 4. The number of rotatable bonds is 4. The van der Waals surface area contributed by atoms with Crippen LogP contribution in [0.2, 0.25) is 0 Å². The van der Waals surface area contributed by atoms with Gasteiger partial charge in [0, 0.05) is 25.9 Å².